The molecule has 1 aromatic carbocycles. The fourth-order valence-electron chi connectivity index (χ4n) is 2.70. The fourth-order valence-corrected chi connectivity index (χ4v) is 2.70. The van der Waals surface area contributed by atoms with Gasteiger partial charge in [-0.2, -0.15) is 0 Å². The Balaban J connectivity index is 1.87. The SMILES string of the molecule is C(#CC1=CCCc2ccccc21)C1=CCCCC1. The molecule has 2 aliphatic carbocycles. The van der Waals surface area contributed by atoms with Crippen molar-refractivity contribution < 1.29 is 0 Å². The molecule has 0 amide bonds. The lowest BCUT2D eigenvalue weighted by Gasteiger charge is -2.13. The van der Waals surface area contributed by atoms with Crippen molar-refractivity contribution in [2.45, 2.75) is 38.5 Å². The van der Waals surface area contributed by atoms with Gasteiger partial charge >= 0.3 is 0 Å². The van der Waals surface area contributed by atoms with Crippen LogP contribution in [0.3, 0.4) is 0 Å². The molecule has 18 heavy (non-hydrogen) atoms. The molecule has 1 aromatic rings. The topological polar surface area (TPSA) is 0 Å². The predicted molar refractivity (Wildman–Crippen MR) is 77.1 cm³/mol. The van der Waals surface area contributed by atoms with E-state index < -0.39 is 0 Å². The normalized spacial score (nSPS) is 18.0. The standard InChI is InChI=1S/C18H18/c1-2-7-15(8-3-1)13-14-17-11-6-10-16-9-4-5-12-18(16)17/h4-5,7,9,11-12H,1-3,6,8,10H2. The van der Waals surface area contributed by atoms with Gasteiger partial charge in [-0.3, -0.25) is 0 Å². The van der Waals surface area contributed by atoms with Gasteiger partial charge in [0.1, 0.15) is 0 Å². The molecular weight excluding hydrogens is 216 g/mol. The predicted octanol–water partition coefficient (Wildman–Crippen LogP) is 4.52. The Morgan fingerprint density at radius 2 is 1.78 bits per heavy atom. The van der Waals surface area contributed by atoms with Crippen LogP contribution >= 0.6 is 0 Å². The zero-order valence-electron chi connectivity index (χ0n) is 10.7. The molecule has 0 radical (unpaired) electrons. The van der Waals surface area contributed by atoms with Crippen LogP contribution in [0.5, 0.6) is 0 Å². The summed E-state index contributed by atoms with van der Waals surface area (Å²) in [5.74, 6) is 6.77. The first-order chi connectivity index (χ1) is 8.93. The molecule has 0 heterocycles. The molecule has 3 rings (SSSR count). The van der Waals surface area contributed by atoms with Gasteiger partial charge in [0.05, 0.1) is 0 Å². The number of hydrogen-bond donors (Lipinski definition) is 0. The van der Waals surface area contributed by atoms with Gasteiger partial charge in [-0.05, 0) is 55.2 Å². The minimum Gasteiger partial charge on any atom is -0.0729 e. The highest BCUT2D eigenvalue weighted by atomic mass is 14.1. The number of fused-ring (bicyclic) bond motifs is 1. The van der Waals surface area contributed by atoms with Crippen LogP contribution < -0.4 is 0 Å². The van der Waals surface area contributed by atoms with Gasteiger partial charge < -0.3 is 0 Å². The molecule has 0 saturated heterocycles. The minimum atomic E-state index is 1.13. The molecule has 0 bridgehead atoms. The molecule has 0 unspecified atom stereocenters. The summed E-state index contributed by atoms with van der Waals surface area (Å²) in [4.78, 5) is 0. The lowest BCUT2D eigenvalue weighted by atomic mass is 9.91. The summed E-state index contributed by atoms with van der Waals surface area (Å²) >= 11 is 0. The Labute approximate surface area is 109 Å². The second kappa shape index (κ2) is 5.27. The van der Waals surface area contributed by atoms with Gasteiger partial charge in [-0.15, -0.1) is 0 Å². The molecule has 0 heteroatoms. The summed E-state index contributed by atoms with van der Waals surface area (Å²) in [6, 6.07) is 8.66. The van der Waals surface area contributed by atoms with E-state index in [4.69, 9.17) is 0 Å². The van der Waals surface area contributed by atoms with Gasteiger partial charge in [0, 0.05) is 5.57 Å². The number of rotatable bonds is 0. The monoisotopic (exact) mass is 234 g/mol. The summed E-state index contributed by atoms with van der Waals surface area (Å²) in [5.41, 5.74) is 5.35. The molecule has 0 aromatic heterocycles. The highest BCUT2D eigenvalue weighted by Crippen LogP contribution is 2.26. The molecule has 90 valence electrons. The van der Waals surface area contributed by atoms with Crippen LogP contribution in [-0.4, -0.2) is 0 Å². The maximum atomic E-state index is 3.39. The highest BCUT2D eigenvalue weighted by Gasteiger charge is 2.09. The maximum Gasteiger partial charge on any atom is 0.0284 e. The molecule has 0 atom stereocenters. The molecular formula is C18H18. The lowest BCUT2D eigenvalue weighted by molar-refractivity contribution is 0.715. The summed E-state index contributed by atoms with van der Waals surface area (Å²) in [6.07, 6.45) is 11.9. The zero-order chi connectivity index (χ0) is 12.2. The lowest BCUT2D eigenvalue weighted by Crippen LogP contribution is -1.98. The fraction of sp³-hybridized carbons (Fsp3) is 0.333. The van der Waals surface area contributed by atoms with Gasteiger partial charge in [0.2, 0.25) is 0 Å². The molecule has 0 saturated carbocycles. The Morgan fingerprint density at radius 3 is 2.67 bits per heavy atom. The first kappa shape index (κ1) is 11.4. The van der Waals surface area contributed by atoms with Gasteiger partial charge in [0.15, 0.2) is 0 Å². The summed E-state index contributed by atoms with van der Waals surface area (Å²) in [6.45, 7) is 0. The van der Waals surface area contributed by atoms with E-state index in [1.165, 1.54) is 48.0 Å². The minimum absolute atomic E-state index is 1.13. The first-order valence-electron chi connectivity index (χ1n) is 6.93. The molecule has 0 nitrogen and oxygen atoms in total. The summed E-state index contributed by atoms with van der Waals surface area (Å²) in [5, 5.41) is 0. The van der Waals surface area contributed by atoms with Crippen molar-refractivity contribution in [2.24, 2.45) is 0 Å². The third-order valence-electron chi connectivity index (χ3n) is 3.72. The van der Waals surface area contributed by atoms with Crippen molar-refractivity contribution in [3.05, 3.63) is 53.1 Å². The van der Waals surface area contributed by atoms with Gasteiger partial charge in [-0.1, -0.05) is 48.3 Å². The van der Waals surface area contributed by atoms with Crippen LogP contribution in [0.2, 0.25) is 0 Å². The Morgan fingerprint density at radius 1 is 0.833 bits per heavy atom. The molecule has 0 fully saturated rings. The van der Waals surface area contributed by atoms with Crippen molar-refractivity contribution in [1.29, 1.82) is 0 Å². The quantitative estimate of drug-likeness (QED) is 0.579. The Bertz CT molecular complexity index is 561. The highest BCUT2D eigenvalue weighted by molar-refractivity contribution is 5.82. The number of allylic oxidation sites excluding steroid dienone is 4. The number of aryl methyl sites for hydroxylation is 1. The van der Waals surface area contributed by atoms with E-state index >= 15 is 0 Å². The van der Waals surface area contributed by atoms with Gasteiger partial charge in [-0.25, -0.2) is 0 Å². The molecule has 0 N–H and O–H groups in total. The molecule has 2 aliphatic rings. The van der Waals surface area contributed by atoms with E-state index in [0.29, 0.717) is 0 Å². The average Bonchev–Trinajstić information content (AvgIpc) is 2.46. The van der Waals surface area contributed by atoms with Crippen LogP contribution in [-0.2, 0) is 6.42 Å². The van der Waals surface area contributed by atoms with Crippen LogP contribution in [0, 0.1) is 11.8 Å². The van der Waals surface area contributed by atoms with E-state index in [1.807, 2.05) is 0 Å². The van der Waals surface area contributed by atoms with Crippen molar-refractivity contribution >= 4 is 5.57 Å². The second-order valence-electron chi connectivity index (χ2n) is 5.04. The van der Waals surface area contributed by atoms with E-state index in [1.54, 1.807) is 0 Å². The van der Waals surface area contributed by atoms with E-state index in [-0.39, 0.29) is 0 Å². The Hall–Kier alpha value is -1.74. The third kappa shape index (κ3) is 2.41. The largest absolute Gasteiger partial charge is 0.0729 e. The van der Waals surface area contributed by atoms with Gasteiger partial charge in [0.25, 0.3) is 0 Å². The summed E-state index contributed by atoms with van der Waals surface area (Å²) in [7, 11) is 0. The van der Waals surface area contributed by atoms with E-state index in [9.17, 15) is 0 Å². The van der Waals surface area contributed by atoms with Crippen LogP contribution in [0.15, 0.2) is 42.0 Å². The third-order valence-corrected chi connectivity index (χ3v) is 3.72. The summed E-state index contributed by atoms with van der Waals surface area (Å²) < 4.78 is 0. The van der Waals surface area contributed by atoms with E-state index in [2.05, 4.69) is 48.3 Å². The Kier molecular flexibility index (Phi) is 3.33. The van der Waals surface area contributed by atoms with E-state index in [0.717, 1.165) is 12.8 Å². The second-order valence-corrected chi connectivity index (χ2v) is 5.04. The van der Waals surface area contributed by atoms with Crippen LogP contribution in [0.25, 0.3) is 5.57 Å². The van der Waals surface area contributed by atoms with Crippen molar-refractivity contribution in [1.82, 2.24) is 0 Å². The smallest absolute Gasteiger partial charge is 0.0284 e. The van der Waals surface area contributed by atoms with Crippen LogP contribution in [0.1, 0.15) is 43.2 Å². The number of hydrogen-bond acceptors (Lipinski definition) is 0. The molecule has 0 aliphatic heterocycles. The average molecular weight is 234 g/mol. The number of benzene rings is 1. The first-order valence-corrected chi connectivity index (χ1v) is 6.93. The van der Waals surface area contributed by atoms with Crippen LogP contribution in [0.4, 0.5) is 0 Å². The zero-order valence-corrected chi connectivity index (χ0v) is 10.7. The molecule has 0 spiro atoms. The maximum absolute atomic E-state index is 3.39. The van der Waals surface area contributed by atoms with Crippen molar-refractivity contribution in [3.63, 3.8) is 0 Å². The van der Waals surface area contributed by atoms with Crippen molar-refractivity contribution in [3.8, 4) is 11.8 Å². The van der Waals surface area contributed by atoms with Crippen molar-refractivity contribution in [2.75, 3.05) is 0 Å².